The highest BCUT2D eigenvalue weighted by atomic mass is 16.6. The number of rotatable bonds is 31. The van der Waals surface area contributed by atoms with Crippen molar-refractivity contribution in [2.75, 3.05) is 13.2 Å². The van der Waals surface area contributed by atoms with E-state index < -0.39 is 6.10 Å². The lowest BCUT2D eigenvalue weighted by molar-refractivity contribution is -0.167. The fraction of sp³-hybridized carbons (Fsp3) is 0.558. The third-order valence-corrected chi connectivity index (χ3v) is 7.16. The lowest BCUT2D eigenvalue weighted by Crippen LogP contribution is -2.30. The van der Waals surface area contributed by atoms with Crippen molar-refractivity contribution in [2.24, 2.45) is 0 Å². The van der Waals surface area contributed by atoms with Crippen molar-refractivity contribution in [3.8, 4) is 0 Å². The highest BCUT2D eigenvalue weighted by molar-refractivity contribution is 5.71. The van der Waals surface area contributed by atoms with Crippen LogP contribution in [0.4, 0.5) is 0 Å². The van der Waals surface area contributed by atoms with E-state index in [9.17, 15) is 14.4 Å². The molecule has 0 aromatic carbocycles. The molecule has 0 aliphatic carbocycles. The van der Waals surface area contributed by atoms with Gasteiger partial charge in [-0.15, -0.1) is 0 Å². The molecule has 0 aromatic rings. The van der Waals surface area contributed by atoms with E-state index in [-0.39, 0.29) is 37.5 Å². The number of carbonyl (C=O) groups is 3. The zero-order valence-corrected chi connectivity index (χ0v) is 30.9. The summed E-state index contributed by atoms with van der Waals surface area (Å²) in [4.78, 5) is 37.3. The van der Waals surface area contributed by atoms with Gasteiger partial charge in [0.25, 0.3) is 0 Å². The summed E-state index contributed by atoms with van der Waals surface area (Å²) in [5.41, 5.74) is 0. The molecule has 0 bridgehead atoms. The van der Waals surface area contributed by atoms with Crippen LogP contribution in [0.1, 0.15) is 136 Å². The molecule has 274 valence electrons. The van der Waals surface area contributed by atoms with Crippen LogP contribution in [0, 0.1) is 0 Å². The molecule has 0 saturated heterocycles. The maximum Gasteiger partial charge on any atom is 0.306 e. The summed E-state index contributed by atoms with van der Waals surface area (Å²) in [6.07, 6.45) is 47.0. The molecule has 0 aliphatic heterocycles. The van der Waals surface area contributed by atoms with E-state index in [0.717, 1.165) is 89.9 Å². The number of allylic oxidation sites excluding steroid dienone is 16. The molecule has 0 rings (SSSR count). The highest BCUT2D eigenvalue weighted by Gasteiger charge is 2.19. The monoisotopic (exact) mass is 678 g/mol. The lowest BCUT2D eigenvalue weighted by atomic mass is 10.1. The summed E-state index contributed by atoms with van der Waals surface area (Å²) >= 11 is 0. The minimum absolute atomic E-state index is 0.123. The first-order valence-electron chi connectivity index (χ1n) is 18.8. The molecule has 0 heterocycles. The number of carbonyl (C=O) groups excluding carboxylic acids is 3. The maximum atomic E-state index is 12.6. The second-order valence-corrected chi connectivity index (χ2v) is 11.8. The van der Waals surface area contributed by atoms with Gasteiger partial charge in [0, 0.05) is 19.3 Å². The summed E-state index contributed by atoms with van der Waals surface area (Å²) in [5.74, 6) is -1.05. The third-order valence-electron chi connectivity index (χ3n) is 7.16. The fourth-order valence-electron chi connectivity index (χ4n) is 4.41. The third kappa shape index (κ3) is 35.5. The minimum Gasteiger partial charge on any atom is -0.462 e. The number of ether oxygens (including phenoxy) is 3. The van der Waals surface area contributed by atoms with Crippen molar-refractivity contribution in [3.63, 3.8) is 0 Å². The minimum atomic E-state index is -0.819. The first kappa shape index (κ1) is 45.3. The standard InChI is InChI=1S/C43H66O6/c1-4-7-10-13-16-19-20-21-22-25-27-30-33-36-42(45)48-39-40(49-43(46)37-34-31-28-24-18-15-12-9-6-3)38-47-41(44)35-32-29-26-23-17-14-11-8-5-2/h7-13,16-24,40H,4-6,14-15,25-39H2,1-3H3/b10-7-,11-8-,12-9-,16-13-,20-19-,22-21-,23-17-,24-18-. The molecule has 0 saturated carbocycles. The molecule has 0 fully saturated rings. The molecule has 0 aromatic heterocycles. The number of hydrogen-bond donors (Lipinski definition) is 0. The Morgan fingerprint density at radius 3 is 1.37 bits per heavy atom. The lowest BCUT2D eigenvalue weighted by Gasteiger charge is -2.18. The van der Waals surface area contributed by atoms with E-state index in [2.05, 4.69) is 81.5 Å². The molecule has 49 heavy (non-hydrogen) atoms. The van der Waals surface area contributed by atoms with E-state index in [0.29, 0.717) is 19.3 Å². The van der Waals surface area contributed by atoms with Gasteiger partial charge in [-0.05, 0) is 89.9 Å². The van der Waals surface area contributed by atoms with Gasteiger partial charge in [0.15, 0.2) is 6.10 Å². The predicted molar refractivity (Wildman–Crippen MR) is 205 cm³/mol. The first-order chi connectivity index (χ1) is 24.0. The molecule has 1 unspecified atom stereocenters. The predicted octanol–water partition coefficient (Wildman–Crippen LogP) is 11.5. The fourth-order valence-corrected chi connectivity index (χ4v) is 4.41. The topological polar surface area (TPSA) is 78.9 Å². The van der Waals surface area contributed by atoms with Crippen LogP contribution in [0.2, 0.25) is 0 Å². The van der Waals surface area contributed by atoms with Gasteiger partial charge in [-0.3, -0.25) is 14.4 Å². The molecule has 0 aliphatic rings. The molecule has 1 atom stereocenters. The average molecular weight is 679 g/mol. The normalized spacial score (nSPS) is 13.1. The van der Waals surface area contributed by atoms with E-state index in [1.54, 1.807) is 0 Å². The van der Waals surface area contributed by atoms with E-state index in [4.69, 9.17) is 14.2 Å². The van der Waals surface area contributed by atoms with Gasteiger partial charge in [0.05, 0.1) is 0 Å². The summed E-state index contributed by atoms with van der Waals surface area (Å²) in [5, 5.41) is 0. The van der Waals surface area contributed by atoms with Crippen LogP contribution < -0.4 is 0 Å². The largest absolute Gasteiger partial charge is 0.462 e. The van der Waals surface area contributed by atoms with Crippen molar-refractivity contribution in [1.29, 1.82) is 0 Å². The van der Waals surface area contributed by atoms with E-state index in [1.165, 1.54) is 0 Å². The number of esters is 3. The molecule has 0 N–H and O–H groups in total. The molecule has 6 nitrogen and oxygen atoms in total. The summed E-state index contributed by atoms with van der Waals surface area (Å²) < 4.78 is 16.4. The molecule has 0 amide bonds. The molecular formula is C43H66O6. The van der Waals surface area contributed by atoms with Gasteiger partial charge < -0.3 is 14.2 Å². The highest BCUT2D eigenvalue weighted by Crippen LogP contribution is 2.10. The second-order valence-electron chi connectivity index (χ2n) is 11.8. The van der Waals surface area contributed by atoms with Gasteiger partial charge >= 0.3 is 17.9 Å². The van der Waals surface area contributed by atoms with Crippen molar-refractivity contribution in [2.45, 2.75) is 142 Å². The molecule has 6 heteroatoms. The van der Waals surface area contributed by atoms with E-state index >= 15 is 0 Å². The van der Waals surface area contributed by atoms with Gasteiger partial charge in [-0.1, -0.05) is 124 Å². The molecular weight excluding hydrogens is 612 g/mol. The van der Waals surface area contributed by atoms with Crippen LogP contribution in [0.3, 0.4) is 0 Å². The van der Waals surface area contributed by atoms with Crippen LogP contribution >= 0.6 is 0 Å². The van der Waals surface area contributed by atoms with Crippen molar-refractivity contribution >= 4 is 17.9 Å². The Kier molecular flexibility index (Phi) is 34.4. The summed E-state index contributed by atoms with van der Waals surface area (Å²) in [7, 11) is 0. The smallest absolute Gasteiger partial charge is 0.306 e. The Hall–Kier alpha value is -3.67. The maximum absolute atomic E-state index is 12.6. The van der Waals surface area contributed by atoms with Crippen LogP contribution in [-0.2, 0) is 28.6 Å². The Morgan fingerprint density at radius 2 is 0.837 bits per heavy atom. The van der Waals surface area contributed by atoms with Crippen LogP contribution in [0.5, 0.6) is 0 Å². The molecule has 0 radical (unpaired) electrons. The number of unbranched alkanes of at least 4 members (excludes halogenated alkanes) is 7. The van der Waals surface area contributed by atoms with Crippen molar-refractivity contribution < 1.29 is 28.6 Å². The van der Waals surface area contributed by atoms with Crippen LogP contribution in [0.25, 0.3) is 0 Å². The Morgan fingerprint density at radius 1 is 0.429 bits per heavy atom. The summed E-state index contributed by atoms with van der Waals surface area (Å²) in [6.45, 7) is 6.09. The molecule has 0 spiro atoms. The Bertz CT molecular complexity index is 1060. The second kappa shape index (κ2) is 37.2. The van der Waals surface area contributed by atoms with Gasteiger partial charge in [-0.25, -0.2) is 0 Å². The van der Waals surface area contributed by atoms with Crippen molar-refractivity contribution in [3.05, 3.63) is 97.2 Å². The van der Waals surface area contributed by atoms with Gasteiger partial charge in [0.2, 0.25) is 0 Å². The zero-order chi connectivity index (χ0) is 35.9. The Labute approximate surface area is 298 Å². The Balaban J connectivity index is 4.55. The average Bonchev–Trinajstić information content (AvgIpc) is 3.10. The SMILES string of the molecule is CC\C=C/C=C\C=C/C=C\CCCCCC(=O)OCC(COC(=O)CCCC/C=C\C/C=C\CC)OC(=O)CCCC/C=C\C/C=C\CC. The summed E-state index contributed by atoms with van der Waals surface area (Å²) in [6, 6.07) is 0. The van der Waals surface area contributed by atoms with E-state index in [1.807, 2.05) is 36.5 Å². The van der Waals surface area contributed by atoms with Crippen LogP contribution in [0.15, 0.2) is 97.2 Å². The van der Waals surface area contributed by atoms with Gasteiger partial charge in [-0.2, -0.15) is 0 Å². The first-order valence-corrected chi connectivity index (χ1v) is 18.8. The van der Waals surface area contributed by atoms with Gasteiger partial charge in [0.1, 0.15) is 13.2 Å². The van der Waals surface area contributed by atoms with Crippen LogP contribution in [-0.4, -0.2) is 37.2 Å². The van der Waals surface area contributed by atoms with Crippen molar-refractivity contribution in [1.82, 2.24) is 0 Å². The number of hydrogen-bond acceptors (Lipinski definition) is 6. The quantitative estimate of drug-likeness (QED) is 0.0239. The zero-order valence-electron chi connectivity index (χ0n) is 30.9.